The molecule has 1 heterocycles. The maximum Gasteiger partial charge on any atom is 0.107 e. The molecule has 0 bridgehead atoms. The summed E-state index contributed by atoms with van der Waals surface area (Å²) in [5.74, 6) is 0. The van der Waals surface area contributed by atoms with Crippen LogP contribution in [0.15, 0.2) is 30.5 Å². The van der Waals surface area contributed by atoms with Crippen molar-refractivity contribution in [3.8, 4) is 0 Å². The average molecular weight is 231 g/mol. The highest BCUT2D eigenvalue weighted by Gasteiger charge is 2.09. The molecule has 4 heteroatoms. The Kier molecular flexibility index (Phi) is 3.01. The van der Waals surface area contributed by atoms with Gasteiger partial charge in [0.1, 0.15) is 4.99 Å². The fourth-order valence-corrected chi connectivity index (χ4v) is 1.85. The van der Waals surface area contributed by atoms with Gasteiger partial charge in [-0.2, -0.15) is 0 Å². The summed E-state index contributed by atoms with van der Waals surface area (Å²) in [4.78, 5) is 4.71. The molecule has 3 nitrogen and oxygen atoms in total. The lowest BCUT2D eigenvalue weighted by molar-refractivity contribution is 1.21. The lowest BCUT2D eigenvalue weighted by Gasteiger charge is -2.12. The van der Waals surface area contributed by atoms with Crippen LogP contribution in [0.3, 0.4) is 0 Å². The maximum atomic E-state index is 5.69. The maximum absolute atomic E-state index is 5.69. The molecule has 82 valence electrons. The first-order valence-electron chi connectivity index (χ1n) is 5.15. The van der Waals surface area contributed by atoms with E-state index in [0.29, 0.717) is 4.99 Å². The van der Waals surface area contributed by atoms with Crippen molar-refractivity contribution in [2.75, 3.05) is 11.9 Å². The Bertz CT molecular complexity index is 537. The monoisotopic (exact) mass is 231 g/mol. The van der Waals surface area contributed by atoms with E-state index >= 15 is 0 Å². The molecule has 0 atom stereocenters. The van der Waals surface area contributed by atoms with Crippen molar-refractivity contribution in [2.24, 2.45) is 5.73 Å². The van der Waals surface area contributed by atoms with E-state index in [2.05, 4.69) is 10.3 Å². The van der Waals surface area contributed by atoms with Gasteiger partial charge in [0.05, 0.1) is 16.8 Å². The normalized spacial score (nSPS) is 10.3. The molecular formula is C12H13N3S. The number of nitrogens with one attached hydrogen (secondary N) is 1. The van der Waals surface area contributed by atoms with Crippen LogP contribution < -0.4 is 11.1 Å². The highest BCUT2D eigenvalue weighted by atomic mass is 32.1. The van der Waals surface area contributed by atoms with Crippen LogP contribution in [0.2, 0.25) is 0 Å². The number of anilines is 1. The number of nitrogens with zero attached hydrogens (tertiary/aromatic N) is 1. The number of rotatable bonds is 3. The Morgan fingerprint density at radius 3 is 2.88 bits per heavy atom. The van der Waals surface area contributed by atoms with Gasteiger partial charge in [-0.05, 0) is 13.0 Å². The molecular weight excluding hydrogens is 218 g/mol. The summed E-state index contributed by atoms with van der Waals surface area (Å²) >= 11 is 5.02. The number of hydrogen-bond donors (Lipinski definition) is 2. The van der Waals surface area contributed by atoms with Crippen LogP contribution in [0.4, 0.5) is 5.69 Å². The van der Waals surface area contributed by atoms with Gasteiger partial charge in [-0.1, -0.05) is 30.4 Å². The van der Waals surface area contributed by atoms with Gasteiger partial charge < -0.3 is 11.1 Å². The Hall–Kier alpha value is -1.68. The van der Waals surface area contributed by atoms with Crippen molar-refractivity contribution in [3.05, 3.63) is 36.0 Å². The average Bonchev–Trinajstić information content (AvgIpc) is 2.29. The van der Waals surface area contributed by atoms with E-state index in [0.717, 1.165) is 28.7 Å². The molecule has 0 spiro atoms. The van der Waals surface area contributed by atoms with Crippen LogP contribution in [-0.4, -0.2) is 16.5 Å². The molecule has 3 N–H and O–H groups in total. The largest absolute Gasteiger partial charge is 0.389 e. The van der Waals surface area contributed by atoms with Crippen molar-refractivity contribution in [1.29, 1.82) is 0 Å². The molecule has 0 saturated heterocycles. The lowest BCUT2D eigenvalue weighted by Crippen LogP contribution is -2.14. The molecule has 2 rings (SSSR count). The first-order chi connectivity index (χ1) is 7.74. The van der Waals surface area contributed by atoms with Gasteiger partial charge in [0.2, 0.25) is 0 Å². The standard InChI is InChI=1S/C12H13N3S/c1-2-14-11-8-5-3-4-6-10(8)15-7-9(11)12(13)16/h3-7H,2H2,1H3,(H2,13,16)(H,14,15). The minimum absolute atomic E-state index is 0.370. The summed E-state index contributed by atoms with van der Waals surface area (Å²) in [6, 6.07) is 7.93. The molecule has 2 aromatic rings. The van der Waals surface area contributed by atoms with Crippen LogP contribution in [0, 0.1) is 0 Å². The second-order valence-corrected chi connectivity index (χ2v) is 3.90. The zero-order chi connectivity index (χ0) is 11.5. The van der Waals surface area contributed by atoms with E-state index in [1.54, 1.807) is 6.20 Å². The predicted octanol–water partition coefficient (Wildman–Crippen LogP) is 2.30. The predicted molar refractivity (Wildman–Crippen MR) is 71.8 cm³/mol. The first kappa shape index (κ1) is 10.8. The van der Waals surface area contributed by atoms with Gasteiger partial charge >= 0.3 is 0 Å². The topological polar surface area (TPSA) is 50.9 Å². The molecule has 0 aliphatic rings. The molecule has 0 saturated carbocycles. The SMILES string of the molecule is CCNc1c(C(N)=S)cnc2ccccc12. The Labute approximate surface area is 99.7 Å². The second-order valence-electron chi connectivity index (χ2n) is 3.46. The number of nitrogens with two attached hydrogens (primary N) is 1. The summed E-state index contributed by atoms with van der Waals surface area (Å²) < 4.78 is 0. The van der Waals surface area contributed by atoms with Crippen LogP contribution in [0.25, 0.3) is 10.9 Å². The third-order valence-electron chi connectivity index (χ3n) is 2.39. The van der Waals surface area contributed by atoms with E-state index in [1.165, 1.54) is 0 Å². The van der Waals surface area contributed by atoms with Gasteiger partial charge in [0.25, 0.3) is 0 Å². The van der Waals surface area contributed by atoms with Crippen LogP contribution in [-0.2, 0) is 0 Å². The van der Waals surface area contributed by atoms with E-state index in [4.69, 9.17) is 18.0 Å². The van der Waals surface area contributed by atoms with Crippen LogP contribution in [0.5, 0.6) is 0 Å². The highest BCUT2D eigenvalue weighted by molar-refractivity contribution is 7.80. The summed E-state index contributed by atoms with van der Waals surface area (Å²) in [5.41, 5.74) is 8.40. The Morgan fingerprint density at radius 1 is 1.44 bits per heavy atom. The van der Waals surface area contributed by atoms with Crippen molar-refractivity contribution < 1.29 is 0 Å². The van der Waals surface area contributed by atoms with Gasteiger partial charge in [0, 0.05) is 18.1 Å². The number of fused-ring (bicyclic) bond motifs is 1. The fraction of sp³-hybridized carbons (Fsp3) is 0.167. The smallest absolute Gasteiger partial charge is 0.107 e. The first-order valence-corrected chi connectivity index (χ1v) is 5.56. The molecule has 1 aromatic carbocycles. The fourth-order valence-electron chi connectivity index (χ4n) is 1.70. The quantitative estimate of drug-likeness (QED) is 0.796. The summed E-state index contributed by atoms with van der Waals surface area (Å²) in [6.07, 6.45) is 1.72. The third-order valence-corrected chi connectivity index (χ3v) is 2.61. The highest BCUT2D eigenvalue weighted by Crippen LogP contribution is 2.25. The number of pyridine rings is 1. The number of benzene rings is 1. The van der Waals surface area contributed by atoms with Crippen molar-refractivity contribution in [2.45, 2.75) is 6.92 Å². The van der Waals surface area contributed by atoms with Gasteiger partial charge in [0.15, 0.2) is 0 Å². The minimum Gasteiger partial charge on any atom is -0.389 e. The summed E-state index contributed by atoms with van der Waals surface area (Å²) in [6.45, 7) is 2.86. The molecule has 0 fully saturated rings. The zero-order valence-corrected chi connectivity index (χ0v) is 9.84. The number of hydrogen-bond acceptors (Lipinski definition) is 3. The Balaban J connectivity index is 2.73. The van der Waals surface area contributed by atoms with Crippen LogP contribution >= 0.6 is 12.2 Å². The van der Waals surface area contributed by atoms with Gasteiger partial charge in [-0.15, -0.1) is 0 Å². The number of thiocarbonyl (C=S) groups is 1. The molecule has 0 aliphatic heterocycles. The lowest BCUT2D eigenvalue weighted by atomic mass is 10.1. The minimum atomic E-state index is 0.370. The van der Waals surface area contributed by atoms with Crippen molar-refractivity contribution in [3.63, 3.8) is 0 Å². The van der Waals surface area contributed by atoms with Crippen LogP contribution in [0.1, 0.15) is 12.5 Å². The molecule has 16 heavy (non-hydrogen) atoms. The third kappa shape index (κ3) is 1.84. The molecule has 0 radical (unpaired) electrons. The molecule has 0 amide bonds. The summed E-state index contributed by atoms with van der Waals surface area (Å²) in [7, 11) is 0. The van der Waals surface area contributed by atoms with Gasteiger partial charge in [-0.25, -0.2) is 0 Å². The van der Waals surface area contributed by atoms with E-state index in [9.17, 15) is 0 Å². The van der Waals surface area contributed by atoms with E-state index in [1.807, 2.05) is 31.2 Å². The summed E-state index contributed by atoms with van der Waals surface area (Å²) in [5, 5.41) is 4.34. The van der Waals surface area contributed by atoms with E-state index < -0.39 is 0 Å². The van der Waals surface area contributed by atoms with Crippen molar-refractivity contribution in [1.82, 2.24) is 4.98 Å². The zero-order valence-electron chi connectivity index (χ0n) is 9.03. The second kappa shape index (κ2) is 4.45. The Morgan fingerprint density at radius 2 is 2.19 bits per heavy atom. The molecule has 0 aliphatic carbocycles. The molecule has 1 aromatic heterocycles. The van der Waals surface area contributed by atoms with Gasteiger partial charge in [-0.3, -0.25) is 4.98 Å². The van der Waals surface area contributed by atoms with E-state index in [-0.39, 0.29) is 0 Å². The number of aromatic nitrogens is 1. The number of para-hydroxylation sites is 1. The molecule has 0 unspecified atom stereocenters. The van der Waals surface area contributed by atoms with Crippen molar-refractivity contribution >= 4 is 33.8 Å².